The van der Waals surface area contributed by atoms with E-state index >= 15 is 0 Å². The predicted molar refractivity (Wildman–Crippen MR) is 59.8 cm³/mol. The van der Waals surface area contributed by atoms with Crippen LogP contribution in [0, 0.1) is 5.41 Å². The molecule has 0 radical (unpaired) electrons. The number of amidine groups is 1. The van der Waals surface area contributed by atoms with E-state index in [1.54, 1.807) is 0 Å². The molecule has 2 amide bonds. The van der Waals surface area contributed by atoms with E-state index in [-0.39, 0.29) is 17.9 Å². The van der Waals surface area contributed by atoms with Crippen LogP contribution in [0.4, 0.5) is 0 Å². The minimum absolute atomic E-state index is 0.208. The number of hydrogen-bond acceptors (Lipinski definition) is 3. The molecule has 1 unspecified atom stereocenters. The average Bonchev–Trinajstić information content (AvgIpc) is 2.14. The molecule has 1 aliphatic carbocycles. The van der Waals surface area contributed by atoms with Crippen LogP contribution < -0.4 is 11.1 Å². The highest BCUT2D eigenvalue weighted by molar-refractivity contribution is 6.20. The van der Waals surface area contributed by atoms with E-state index in [0.717, 1.165) is 19.3 Å². The number of carbonyl (C=O) groups is 2. The zero-order valence-corrected chi connectivity index (χ0v) is 9.45. The Balaban J connectivity index is 2.17. The molecule has 1 fully saturated rings. The molecule has 1 atom stereocenters. The van der Waals surface area contributed by atoms with Gasteiger partial charge in [-0.05, 0) is 19.3 Å². The number of nitrogens with one attached hydrogen (secondary N) is 1. The Bertz CT molecular complexity index is 358. The number of nitrogens with two attached hydrogens (primary N) is 1. The van der Waals surface area contributed by atoms with E-state index < -0.39 is 5.41 Å². The molecule has 1 aliphatic heterocycles. The summed E-state index contributed by atoms with van der Waals surface area (Å²) in [6.45, 7) is 2.00. The molecule has 5 nitrogen and oxygen atoms in total. The zero-order valence-electron chi connectivity index (χ0n) is 9.45. The number of hydrogen-bond donors (Lipinski definition) is 2. The lowest BCUT2D eigenvalue weighted by molar-refractivity contribution is -0.147. The number of rotatable bonds is 3. The molecule has 2 aliphatic rings. The van der Waals surface area contributed by atoms with E-state index in [0.29, 0.717) is 18.7 Å². The third-order valence-electron chi connectivity index (χ3n) is 3.47. The molecule has 16 heavy (non-hydrogen) atoms. The van der Waals surface area contributed by atoms with Crippen molar-refractivity contribution < 1.29 is 9.59 Å². The minimum Gasteiger partial charge on any atom is -0.321 e. The highest BCUT2D eigenvalue weighted by atomic mass is 16.2. The summed E-state index contributed by atoms with van der Waals surface area (Å²) in [5, 5.41) is 2.69. The molecule has 88 valence electrons. The average molecular weight is 223 g/mol. The molecule has 3 N–H and O–H groups in total. The van der Waals surface area contributed by atoms with E-state index in [1.807, 2.05) is 6.92 Å². The van der Waals surface area contributed by atoms with Crippen molar-refractivity contribution in [1.29, 1.82) is 0 Å². The second kappa shape index (κ2) is 3.97. The number of aliphatic imine (C=N–C) groups is 1. The molecule has 0 bridgehead atoms. The van der Waals surface area contributed by atoms with Crippen molar-refractivity contribution in [3.05, 3.63) is 0 Å². The number of carbonyl (C=O) groups excluding carboxylic acids is 2. The van der Waals surface area contributed by atoms with Crippen LogP contribution in [-0.4, -0.2) is 23.7 Å². The third kappa shape index (κ3) is 1.55. The summed E-state index contributed by atoms with van der Waals surface area (Å²) in [5.74, 6) is -0.168. The van der Waals surface area contributed by atoms with Crippen LogP contribution in [0.25, 0.3) is 0 Å². The van der Waals surface area contributed by atoms with Crippen molar-refractivity contribution in [2.24, 2.45) is 16.1 Å². The van der Waals surface area contributed by atoms with Gasteiger partial charge in [-0.25, -0.2) is 0 Å². The quantitative estimate of drug-likeness (QED) is 0.676. The van der Waals surface area contributed by atoms with Crippen molar-refractivity contribution in [1.82, 2.24) is 5.32 Å². The maximum absolute atomic E-state index is 11.9. The maximum atomic E-state index is 11.9. The lowest BCUT2D eigenvalue weighted by Crippen LogP contribution is -2.59. The molecule has 1 saturated carbocycles. The molecule has 0 saturated heterocycles. The third-order valence-corrected chi connectivity index (χ3v) is 3.47. The van der Waals surface area contributed by atoms with Gasteiger partial charge in [-0.15, -0.1) is 0 Å². The first-order chi connectivity index (χ1) is 7.60. The van der Waals surface area contributed by atoms with Crippen LogP contribution >= 0.6 is 0 Å². The normalized spacial score (nSPS) is 24.8. The highest BCUT2D eigenvalue weighted by Crippen LogP contribution is 2.43. The van der Waals surface area contributed by atoms with Crippen molar-refractivity contribution in [2.45, 2.75) is 45.1 Å². The highest BCUT2D eigenvalue weighted by Gasteiger charge is 2.53. The van der Waals surface area contributed by atoms with E-state index in [1.165, 1.54) is 0 Å². The summed E-state index contributed by atoms with van der Waals surface area (Å²) in [5.41, 5.74) is 4.98. The smallest absolute Gasteiger partial charge is 0.263 e. The van der Waals surface area contributed by atoms with Crippen molar-refractivity contribution in [3.8, 4) is 0 Å². The Labute approximate surface area is 94.5 Å². The van der Waals surface area contributed by atoms with Crippen LogP contribution in [0.2, 0.25) is 0 Å². The fourth-order valence-corrected chi connectivity index (χ4v) is 2.17. The standard InChI is InChI=1S/C11H17N3O2/c1-2-4-7(12)8-13-9(15)11(5-3-6-11)10(16)14-8/h7H,2-6,12H2,1H3,(H,13,14,15,16). The summed E-state index contributed by atoms with van der Waals surface area (Å²) in [6, 6.07) is -0.338. The molecular formula is C11H17N3O2. The minimum atomic E-state index is -0.852. The monoisotopic (exact) mass is 223 g/mol. The molecule has 1 spiro atoms. The molecule has 0 aromatic heterocycles. The van der Waals surface area contributed by atoms with Gasteiger partial charge in [-0.3, -0.25) is 9.59 Å². The maximum Gasteiger partial charge on any atom is 0.263 e. The van der Waals surface area contributed by atoms with Gasteiger partial charge in [0.2, 0.25) is 5.91 Å². The number of amides is 2. The first kappa shape index (κ1) is 11.3. The Hall–Kier alpha value is -1.23. The predicted octanol–water partition coefficient (Wildman–Crippen LogP) is 0.339. The Morgan fingerprint density at radius 3 is 2.62 bits per heavy atom. The van der Waals surface area contributed by atoms with Gasteiger partial charge in [0.1, 0.15) is 11.3 Å². The molecule has 0 aromatic carbocycles. The molecule has 2 rings (SSSR count). The Morgan fingerprint density at radius 2 is 2.19 bits per heavy atom. The van der Waals surface area contributed by atoms with Gasteiger partial charge in [0.25, 0.3) is 5.91 Å². The molecular weight excluding hydrogens is 206 g/mol. The lowest BCUT2D eigenvalue weighted by Gasteiger charge is -2.40. The largest absolute Gasteiger partial charge is 0.321 e. The summed E-state index contributed by atoms with van der Waals surface area (Å²) in [6.07, 6.45) is 3.79. The fourth-order valence-electron chi connectivity index (χ4n) is 2.17. The van der Waals surface area contributed by atoms with E-state index in [2.05, 4.69) is 10.3 Å². The van der Waals surface area contributed by atoms with Crippen LogP contribution in [0.3, 0.4) is 0 Å². The SMILES string of the molecule is CCCC(N)C1=NC(=O)C2(CCC2)C(=O)N1. The van der Waals surface area contributed by atoms with Crippen molar-refractivity contribution in [2.75, 3.05) is 0 Å². The summed E-state index contributed by atoms with van der Waals surface area (Å²) in [7, 11) is 0. The second-order valence-corrected chi connectivity index (χ2v) is 4.59. The molecule has 0 aromatic rings. The Kier molecular flexibility index (Phi) is 2.80. The van der Waals surface area contributed by atoms with Crippen LogP contribution in [0.1, 0.15) is 39.0 Å². The van der Waals surface area contributed by atoms with E-state index in [4.69, 9.17) is 5.73 Å². The van der Waals surface area contributed by atoms with Crippen LogP contribution in [0.15, 0.2) is 4.99 Å². The van der Waals surface area contributed by atoms with Crippen LogP contribution in [0.5, 0.6) is 0 Å². The van der Waals surface area contributed by atoms with Crippen LogP contribution in [-0.2, 0) is 9.59 Å². The molecule has 5 heteroatoms. The van der Waals surface area contributed by atoms with Crippen molar-refractivity contribution in [3.63, 3.8) is 0 Å². The zero-order chi connectivity index (χ0) is 11.8. The van der Waals surface area contributed by atoms with Gasteiger partial charge in [0, 0.05) is 0 Å². The van der Waals surface area contributed by atoms with E-state index in [9.17, 15) is 9.59 Å². The van der Waals surface area contributed by atoms with Gasteiger partial charge < -0.3 is 11.1 Å². The van der Waals surface area contributed by atoms with Gasteiger partial charge in [-0.1, -0.05) is 19.8 Å². The first-order valence-electron chi connectivity index (χ1n) is 5.80. The summed E-state index contributed by atoms with van der Waals surface area (Å²) in [4.78, 5) is 27.6. The van der Waals surface area contributed by atoms with Gasteiger partial charge in [0.15, 0.2) is 0 Å². The van der Waals surface area contributed by atoms with Gasteiger partial charge in [-0.2, -0.15) is 4.99 Å². The fraction of sp³-hybridized carbons (Fsp3) is 0.727. The lowest BCUT2D eigenvalue weighted by atomic mass is 9.67. The van der Waals surface area contributed by atoms with Gasteiger partial charge >= 0.3 is 0 Å². The van der Waals surface area contributed by atoms with Crippen molar-refractivity contribution >= 4 is 17.6 Å². The van der Waals surface area contributed by atoms with Gasteiger partial charge in [0.05, 0.1) is 6.04 Å². The summed E-state index contributed by atoms with van der Waals surface area (Å²) >= 11 is 0. The first-order valence-corrected chi connectivity index (χ1v) is 5.80. The Morgan fingerprint density at radius 1 is 1.50 bits per heavy atom. The topological polar surface area (TPSA) is 84.5 Å². The second-order valence-electron chi connectivity index (χ2n) is 4.59. The number of nitrogens with zero attached hydrogens (tertiary/aromatic N) is 1. The summed E-state index contributed by atoms with van der Waals surface area (Å²) < 4.78 is 0. The molecule has 1 heterocycles.